The molecule has 0 atom stereocenters. The minimum absolute atomic E-state index is 0.699. The third kappa shape index (κ3) is 0.603. The van der Waals surface area contributed by atoms with Gasteiger partial charge in [0.15, 0.2) is 12.0 Å². The van der Waals surface area contributed by atoms with Gasteiger partial charge in [-0.2, -0.15) is 0 Å². The largest absolute Gasteiger partial charge is 0.323 e. The average Bonchev–Trinajstić information content (AvgIpc) is 2.34. The molecular formula is C7H5N3. The second-order valence-electron chi connectivity index (χ2n) is 2.05. The highest BCUT2D eigenvalue weighted by Crippen LogP contribution is 2.04. The molecular weight excluding hydrogens is 126 g/mol. The van der Waals surface area contributed by atoms with E-state index in [4.69, 9.17) is 0 Å². The first-order chi connectivity index (χ1) is 4.88. The Hall–Kier alpha value is -1.38. The number of nitrogens with zero attached hydrogens (tertiary/aromatic N) is 3. The maximum absolute atomic E-state index is 3.91. The summed E-state index contributed by atoms with van der Waals surface area (Å²) in [5.74, 6) is 0. The van der Waals surface area contributed by atoms with Crippen molar-refractivity contribution in [1.29, 1.82) is 0 Å². The topological polar surface area (TPSA) is 30.7 Å². The first-order valence-electron chi connectivity index (χ1n) is 2.95. The monoisotopic (exact) mass is 131 g/mol. The molecule has 0 amide bonds. The van der Waals surface area contributed by atoms with Gasteiger partial charge < -0.3 is 4.57 Å². The lowest BCUT2D eigenvalue weighted by Gasteiger charge is -1.88. The SMILES string of the molecule is Cn1[c]nc2n[c]ccc21. The molecule has 0 fully saturated rings. The summed E-state index contributed by atoms with van der Waals surface area (Å²) in [6.45, 7) is 0. The number of aromatic nitrogens is 3. The van der Waals surface area contributed by atoms with Gasteiger partial charge in [-0.05, 0) is 12.1 Å². The highest BCUT2D eigenvalue weighted by atomic mass is 15.0. The lowest BCUT2D eigenvalue weighted by molar-refractivity contribution is 0.936. The molecule has 3 heteroatoms. The molecule has 0 N–H and O–H groups in total. The molecule has 0 aromatic carbocycles. The molecule has 0 bridgehead atoms. The Kier molecular flexibility index (Phi) is 0.974. The maximum atomic E-state index is 3.91. The van der Waals surface area contributed by atoms with E-state index in [9.17, 15) is 0 Å². The summed E-state index contributed by atoms with van der Waals surface area (Å²) in [4.78, 5) is 7.83. The molecule has 0 aliphatic heterocycles. The molecule has 2 rings (SSSR count). The van der Waals surface area contributed by atoms with E-state index in [0.29, 0.717) is 5.65 Å². The molecule has 0 unspecified atom stereocenters. The van der Waals surface area contributed by atoms with Crippen LogP contribution < -0.4 is 0 Å². The van der Waals surface area contributed by atoms with Crippen LogP contribution >= 0.6 is 0 Å². The predicted molar refractivity (Wildman–Crippen MR) is 36.2 cm³/mol. The third-order valence-corrected chi connectivity index (χ3v) is 1.38. The van der Waals surface area contributed by atoms with E-state index >= 15 is 0 Å². The molecule has 0 saturated heterocycles. The van der Waals surface area contributed by atoms with Crippen molar-refractivity contribution < 1.29 is 0 Å². The summed E-state index contributed by atoms with van der Waals surface area (Å²) < 4.78 is 1.80. The van der Waals surface area contributed by atoms with Gasteiger partial charge >= 0.3 is 0 Å². The van der Waals surface area contributed by atoms with E-state index in [1.165, 1.54) is 0 Å². The van der Waals surface area contributed by atoms with Gasteiger partial charge in [-0.25, -0.2) is 9.97 Å². The van der Waals surface area contributed by atoms with Crippen LogP contribution in [0.25, 0.3) is 11.2 Å². The van der Waals surface area contributed by atoms with Crippen molar-refractivity contribution in [1.82, 2.24) is 14.5 Å². The van der Waals surface area contributed by atoms with Crippen molar-refractivity contribution in [3.8, 4) is 0 Å². The van der Waals surface area contributed by atoms with Gasteiger partial charge in [0.2, 0.25) is 0 Å². The van der Waals surface area contributed by atoms with Gasteiger partial charge in [-0.1, -0.05) is 0 Å². The first-order valence-corrected chi connectivity index (χ1v) is 2.95. The second kappa shape index (κ2) is 1.80. The molecule has 2 radical (unpaired) electrons. The number of pyridine rings is 1. The molecule has 0 saturated carbocycles. The lowest BCUT2D eigenvalue weighted by Crippen LogP contribution is -1.83. The van der Waals surface area contributed by atoms with E-state index in [2.05, 4.69) is 22.5 Å². The summed E-state index contributed by atoms with van der Waals surface area (Å²) in [5.41, 5.74) is 1.68. The van der Waals surface area contributed by atoms with E-state index < -0.39 is 0 Å². The van der Waals surface area contributed by atoms with Gasteiger partial charge in [0, 0.05) is 7.05 Å². The van der Waals surface area contributed by atoms with Crippen LogP contribution in [0.3, 0.4) is 0 Å². The molecule has 2 heterocycles. The van der Waals surface area contributed by atoms with Crippen LogP contribution in [0.4, 0.5) is 0 Å². The van der Waals surface area contributed by atoms with E-state index in [1.807, 2.05) is 13.1 Å². The van der Waals surface area contributed by atoms with E-state index in [1.54, 1.807) is 10.6 Å². The standard InChI is InChI=1S/C7H5N3/c1-10-5-9-7-6(10)3-2-4-8-7/h2-3H,1H3. The highest BCUT2D eigenvalue weighted by Gasteiger charge is 1.96. The lowest BCUT2D eigenvalue weighted by atomic mass is 10.4. The van der Waals surface area contributed by atoms with Crippen LogP contribution in [0.1, 0.15) is 0 Å². The minimum atomic E-state index is 0.699. The fourth-order valence-electron chi connectivity index (χ4n) is 0.867. The van der Waals surface area contributed by atoms with Crippen LogP contribution in [0.2, 0.25) is 0 Å². The van der Waals surface area contributed by atoms with Crippen molar-refractivity contribution in [3.05, 3.63) is 24.7 Å². The second-order valence-corrected chi connectivity index (χ2v) is 2.05. The normalized spacial score (nSPS) is 10.5. The third-order valence-electron chi connectivity index (χ3n) is 1.38. The van der Waals surface area contributed by atoms with Crippen molar-refractivity contribution in [3.63, 3.8) is 0 Å². The Morgan fingerprint density at radius 3 is 3.20 bits per heavy atom. The first kappa shape index (κ1) is 5.41. The van der Waals surface area contributed by atoms with E-state index in [-0.39, 0.29) is 0 Å². The van der Waals surface area contributed by atoms with Crippen molar-refractivity contribution in [2.75, 3.05) is 0 Å². The van der Waals surface area contributed by atoms with Crippen molar-refractivity contribution in [2.45, 2.75) is 0 Å². The Morgan fingerprint density at radius 1 is 1.50 bits per heavy atom. The number of rotatable bonds is 0. The van der Waals surface area contributed by atoms with Crippen LogP contribution in [0.15, 0.2) is 12.1 Å². The smallest absolute Gasteiger partial charge is 0.179 e. The molecule has 3 nitrogen and oxygen atoms in total. The van der Waals surface area contributed by atoms with Gasteiger partial charge in [-0.15, -0.1) is 0 Å². The minimum Gasteiger partial charge on any atom is -0.323 e. The number of aryl methyl sites for hydroxylation is 1. The molecule has 0 aliphatic carbocycles. The molecule has 0 aliphatic rings. The fraction of sp³-hybridized carbons (Fsp3) is 0.143. The van der Waals surface area contributed by atoms with Crippen molar-refractivity contribution in [2.24, 2.45) is 7.05 Å². The van der Waals surface area contributed by atoms with Crippen LogP contribution in [0.5, 0.6) is 0 Å². The number of hydrogen-bond acceptors (Lipinski definition) is 2. The summed E-state index contributed by atoms with van der Waals surface area (Å²) in [6.07, 6.45) is 5.46. The van der Waals surface area contributed by atoms with Crippen LogP contribution in [-0.4, -0.2) is 14.5 Å². The fourth-order valence-corrected chi connectivity index (χ4v) is 0.867. The summed E-state index contributed by atoms with van der Waals surface area (Å²) in [5, 5.41) is 0. The number of fused-ring (bicyclic) bond motifs is 1. The summed E-state index contributed by atoms with van der Waals surface area (Å²) in [7, 11) is 1.89. The number of hydrogen-bond donors (Lipinski definition) is 0. The quantitative estimate of drug-likeness (QED) is 0.523. The predicted octanol–water partition coefficient (Wildman–Crippen LogP) is 0.569. The zero-order chi connectivity index (χ0) is 6.97. The van der Waals surface area contributed by atoms with Gasteiger partial charge in [0.05, 0.1) is 11.7 Å². The Labute approximate surface area is 58.3 Å². The summed E-state index contributed by atoms with van der Waals surface area (Å²) >= 11 is 0. The average molecular weight is 131 g/mol. The maximum Gasteiger partial charge on any atom is 0.179 e. The molecule has 2 aromatic heterocycles. The molecule has 10 heavy (non-hydrogen) atoms. The van der Waals surface area contributed by atoms with Gasteiger partial charge in [0.25, 0.3) is 0 Å². The Bertz CT molecular complexity index is 350. The molecule has 0 spiro atoms. The Balaban J connectivity index is 2.93. The van der Waals surface area contributed by atoms with Gasteiger partial charge in [-0.3, -0.25) is 0 Å². The highest BCUT2D eigenvalue weighted by molar-refractivity contribution is 5.69. The Morgan fingerprint density at radius 2 is 2.40 bits per heavy atom. The zero-order valence-corrected chi connectivity index (χ0v) is 5.50. The zero-order valence-electron chi connectivity index (χ0n) is 5.50. The van der Waals surface area contributed by atoms with Crippen LogP contribution in [-0.2, 0) is 7.05 Å². The van der Waals surface area contributed by atoms with Crippen LogP contribution in [0, 0.1) is 12.5 Å². The van der Waals surface area contributed by atoms with E-state index in [0.717, 1.165) is 5.52 Å². The molecule has 2 aromatic rings. The van der Waals surface area contributed by atoms with Crippen molar-refractivity contribution >= 4 is 11.2 Å². The number of imidazole rings is 1. The van der Waals surface area contributed by atoms with Gasteiger partial charge in [0.1, 0.15) is 0 Å². The molecule has 48 valence electrons. The summed E-state index contributed by atoms with van der Waals surface area (Å²) in [6, 6.07) is 3.67.